The van der Waals surface area contributed by atoms with Crippen molar-refractivity contribution in [2.24, 2.45) is 0 Å². The van der Waals surface area contributed by atoms with Crippen LogP contribution in [0.5, 0.6) is 5.75 Å². The lowest BCUT2D eigenvalue weighted by Gasteiger charge is -2.49. The molecule has 1 aliphatic heterocycles. The molecule has 1 aromatic carbocycles. The van der Waals surface area contributed by atoms with Crippen LogP contribution in [0.2, 0.25) is 0 Å². The van der Waals surface area contributed by atoms with Crippen LogP contribution < -0.4 is 10.1 Å². The van der Waals surface area contributed by atoms with Gasteiger partial charge in [0, 0.05) is 38.3 Å². The van der Waals surface area contributed by atoms with Gasteiger partial charge in [-0.2, -0.15) is 0 Å². The van der Waals surface area contributed by atoms with E-state index in [0.717, 1.165) is 39.0 Å². The van der Waals surface area contributed by atoms with Crippen LogP contribution >= 0.6 is 0 Å². The lowest BCUT2D eigenvalue weighted by atomic mass is 9.79. The molecular weight excluding hydrogens is 357 g/mol. The average molecular weight is 392 g/mol. The highest BCUT2D eigenvalue weighted by atomic mass is 19.1. The average Bonchev–Trinajstić information content (AvgIpc) is 2.72. The fourth-order valence-electron chi connectivity index (χ4n) is 4.48. The first-order valence-corrected chi connectivity index (χ1v) is 10.7. The summed E-state index contributed by atoms with van der Waals surface area (Å²) in [5, 5.41) is 3.15. The van der Waals surface area contributed by atoms with Gasteiger partial charge in [-0.1, -0.05) is 38.3 Å². The molecule has 5 nitrogen and oxygen atoms in total. The van der Waals surface area contributed by atoms with Crippen molar-refractivity contribution in [3.63, 3.8) is 0 Å². The lowest BCUT2D eigenvalue weighted by molar-refractivity contribution is -0.129. The second-order valence-electron chi connectivity index (χ2n) is 8.24. The minimum atomic E-state index is -0.676. The Kier molecular flexibility index (Phi) is 7.30. The molecule has 1 amide bonds. The molecule has 0 spiro atoms. The maximum atomic E-state index is 13.9. The summed E-state index contributed by atoms with van der Waals surface area (Å²) in [4.78, 5) is 17.8. The Morgan fingerprint density at radius 3 is 2.50 bits per heavy atom. The summed E-state index contributed by atoms with van der Waals surface area (Å²) >= 11 is 0. The quantitative estimate of drug-likeness (QED) is 0.776. The number of likely N-dealkylation sites (N-methyl/N-ethyl adjacent to an activating group) is 1. The van der Waals surface area contributed by atoms with Crippen molar-refractivity contribution in [1.29, 1.82) is 0 Å². The number of benzene rings is 1. The number of halogens is 1. The van der Waals surface area contributed by atoms with Gasteiger partial charge in [0.25, 0.3) is 5.91 Å². The van der Waals surface area contributed by atoms with E-state index >= 15 is 0 Å². The van der Waals surface area contributed by atoms with Gasteiger partial charge in [-0.05, 0) is 38.4 Å². The highest BCUT2D eigenvalue weighted by molar-refractivity contribution is 5.81. The Balaban J connectivity index is 1.63. The van der Waals surface area contributed by atoms with E-state index in [0.29, 0.717) is 13.0 Å². The highest BCUT2D eigenvalue weighted by Crippen LogP contribution is 2.34. The topological polar surface area (TPSA) is 44.8 Å². The molecule has 1 saturated heterocycles. The summed E-state index contributed by atoms with van der Waals surface area (Å²) < 4.78 is 19.6. The number of nitrogens with zero attached hydrogens (tertiary/aromatic N) is 2. The molecule has 6 heteroatoms. The zero-order valence-corrected chi connectivity index (χ0v) is 17.3. The van der Waals surface area contributed by atoms with Crippen molar-refractivity contribution in [1.82, 2.24) is 15.1 Å². The lowest BCUT2D eigenvalue weighted by Crippen LogP contribution is -2.62. The van der Waals surface area contributed by atoms with E-state index in [1.54, 1.807) is 18.2 Å². The van der Waals surface area contributed by atoms with Crippen molar-refractivity contribution in [2.45, 2.75) is 57.1 Å². The van der Waals surface area contributed by atoms with Crippen LogP contribution in [0.25, 0.3) is 0 Å². The zero-order chi connectivity index (χ0) is 20.0. The summed E-state index contributed by atoms with van der Waals surface area (Å²) in [6.45, 7) is 6.78. The van der Waals surface area contributed by atoms with Crippen LogP contribution in [0.1, 0.15) is 45.4 Å². The van der Waals surface area contributed by atoms with E-state index in [4.69, 9.17) is 4.74 Å². The van der Waals surface area contributed by atoms with Crippen molar-refractivity contribution >= 4 is 5.91 Å². The van der Waals surface area contributed by atoms with Crippen molar-refractivity contribution in [2.75, 3.05) is 39.8 Å². The van der Waals surface area contributed by atoms with E-state index < -0.39 is 11.9 Å². The summed E-state index contributed by atoms with van der Waals surface area (Å²) in [6.07, 6.45) is 5.78. The standard InChI is InChI=1S/C22H34FN3O2/c1-3-19(28-20-10-6-5-9-18(20)23)21(27)24-17-22(11-7-4-8-12-22)26-15-13-25(2)14-16-26/h5-6,9-10,19H,3-4,7-8,11-17H2,1-2H3,(H,24,27)/t19-/m1/s1. The van der Waals surface area contributed by atoms with Crippen molar-refractivity contribution in [3.05, 3.63) is 30.1 Å². The maximum Gasteiger partial charge on any atom is 0.261 e. The predicted octanol–water partition coefficient (Wildman–Crippen LogP) is 3.05. The molecule has 0 aromatic heterocycles. The molecule has 0 radical (unpaired) electrons. The Hall–Kier alpha value is -1.66. The minimum absolute atomic E-state index is 0.0471. The first-order chi connectivity index (χ1) is 13.5. The number of ether oxygens (including phenoxy) is 1. The summed E-state index contributed by atoms with van der Waals surface area (Å²) in [7, 11) is 2.17. The number of hydrogen-bond donors (Lipinski definition) is 1. The first-order valence-electron chi connectivity index (χ1n) is 10.7. The largest absolute Gasteiger partial charge is 0.478 e. The van der Waals surface area contributed by atoms with Crippen LogP contribution in [0.4, 0.5) is 4.39 Å². The molecule has 2 aliphatic rings. The van der Waals surface area contributed by atoms with Crippen LogP contribution in [-0.2, 0) is 4.79 Å². The highest BCUT2D eigenvalue weighted by Gasteiger charge is 2.39. The molecule has 2 fully saturated rings. The molecule has 0 bridgehead atoms. The molecule has 3 rings (SSSR count). The van der Waals surface area contributed by atoms with Gasteiger partial charge in [0.15, 0.2) is 17.7 Å². The molecule has 1 saturated carbocycles. The fraction of sp³-hybridized carbons (Fsp3) is 0.682. The van der Waals surface area contributed by atoms with Gasteiger partial charge in [0.1, 0.15) is 0 Å². The Morgan fingerprint density at radius 1 is 1.18 bits per heavy atom. The van der Waals surface area contributed by atoms with E-state index in [1.165, 1.54) is 25.3 Å². The fourth-order valence-corrected chi connectivity index (χ4v) is 4.48. The number of carbonyl (C=O) groups is 1. The number of para-hydroxylation sites is 1. The normalized spacial score (nSPS) is 21.8. The number of piperazine rings is 1. The predicted molar refractivity (Wildman–Crippen MR) is 109 cm³/mol. The molecule has 1 heterocycles. The Labute approximate surface area is 168 Å². The smallest absolute Gasteiger partial charge is 0.261 e. The molecule has 1 aromatic rings. The van der Waals surface area contributed by atoms with E-state index in [9.17, 15) is 9.18 Å². The second kappa shape index (κ2) is 9.70. The first kappa shape index (κ1) is 21.1. The molecule has 156 valence electrons. The van der Waals surface area contributed by atoms with Gasteiger partial charge in [-0.25, -0.2) is 4.39 Å². The van der Waals surface area contributed by atoms with Gasteiger partial charge >= 0.3 is 0 Å². The molecule has 28 heavy (non-hydrogen) atoms. The number of hydrogen-bond acceptors (Lipinski definition) is 4. The van der Waals surface area contributed by atoms with Gasteiger partial charge in [-0.15, -0.1) is 0 Å². The van der Waals surface area contributed by atoms with Crippen LogP contribution in [0.3, 0.4) is 0 Å². The monoisotopic (exact) mass is 391 g/mol. The van der Waals surface area contributed by atoms with E-state index in [-0.39, 0.29) is 17.2 Å². The third-order valence-corrected chi connectivity index (χ3v) is 6.32. The molecular formula is C22H34FN3O2. The number of rotatable bonds is 7. The summed E-state index contributed by atoms with van der Waals surface area (Å²) in [5.41, 5.74) is 0.0471. The number of amides is 1. The SMILES string of the molecule is CC[C@@H](Oc1ccccc1F)C(=O)NCC1(N2CCN(C)CC2)CCCCC1. The summed E-state index contributed by atoms with van der Waals surface area (Å²) in [6, 6.07) is 6.25. The third-order valence-electron chi connectivity index (χ3n) is 6.32. The minimum Gasteiger partial charge on any atom is -0.478 e. The third kappa shape index (κ3) is 5.03. The van der Waals surface area contributed by atoms with Gasteiger partial charge in [-0.3, -0.25) is 9.69 Å². The maximum absolute atomic E-state index is 13.9. The summed E-state index contributed by atoms with van der Waals surface area (Å²) in [5.74, 6) is -0.448. The van der Waals surface area contributed by atoms with E-state index in [2.05, 4.69) is 22.2 Å². The van der Waals surface area contributed by atoms with Crippen LogP contribution in [0.15, 0.2) is 24.3 Å². The Bertz CT molecular complexity index is 640. The molecule has 1 atom stereocenters. The zero-order valence-electron chi connectivity index (χ0n) is 17.3. The van der Waals surface area contributed by atoms with Crippen LogP contribution in [0, 0.1) is 5.82 Å². The number of nitrogens with one attached hydrogen (secondary N) is 1. The van der Waals surface area contributed by atoms with Gasteiger partial charge in [0.05, 0.1) is 0 Å². The number of carbonyl (C=O) groups excluding carboxylic acids is 1. The Morgan fingerprint density at radius 2 is 1.86 bits per heavy atom. The molecule has 0 unspecified atom stereocenters. The van der Waals surface area contributed by atoms with E-state index in [1.807, 2.05) is 6.92 Å². The molecule has 1 N–H and O–H groups in total. The van der Waals surface area contributed by atoms with Gasteiger partial charge in [0.2, 0.25) is 0 Å². The van der Waals surface area contributed by atoms with Crippen molar-refractivity contribution < 1.29 is 13.9 Å². The second-order valence-corrected chi connectivity index (χ2v) is 8.24. The van der Waals surface area contributed by atoms with Crippen molar-refractivity contribution in [3.8, 4) is 5.75 Å². The van der Waals surface area contributed by atoms with Crippen LogP contribution in [-0.4, -0.2) is 67.1 Å². The molecule has 1 aliphatic carbocycles. The van der Waals surface area contributed by atoms with Gasteiger partial charge < -0.3 is 15.0 Å².